The molecule has 4 aromatic rings. The van der Waals surface area contributed by atoms with Crippen LogP contribution < -0.4 is 10.0 Å². The highest BCUT2D eigenvalue weighted by atomic mass is 32.2. The number of thiophene rings is 1. The highest BCUT2D eigenvalue weighted by Gasteiger charge is 2.24. The molecule has 0 saturated heterocycles. The minimum atomic E-state index is -4.21. The van der Waals surface area contributed by atoms with Crippen molar-refractivity contribution in [3.63, 3.8) is 0 Å². The summed E-state index contributed by atoms with van der Waals surface area (Å²) in [5.41, 5.74) is 3.81. The highest BCUT2D eigenvalue weighted by Crippen LogP contribution is 2.38. The maximum Gasteiger partial charge on any atom is 0.357 e. The molecule has 0 radical (unpaired) electrons. The second kappa shape index (κ2) is 12.4. The van der Waals surface area contributed by atoms with E-state index in [4.69, 9.17) is 0 Å². The first-order valence-corrected chi connectivity index (χ1v) is 15.2. The molecule has 0 aliphatic rings. The Labute approximate surface area is 229 Å². The summed E-state index contributed by atoms with van der Waals surface area (Å²) in [5.74, 6) is 1.32. The van der Waals surface area contributed by atoms with E-state index in [1.807, 2.05) is 73.8 Å². The van der Waals surface area contributed by atoms with Crippen molar-refractivity contribution in [3.05, 3.63) is 83.5 Å². The fourth-order valence-electron chi connectivity index (χ4n) is 4.14. The lowest BCUT2D eigenvalue weighted by Gasteiger charge is -2.11. The number of carbonyl (C=O) groups is 1. The smallest absolute Gasteiger partial charge is 0.341 e. The molecule has 0 bridgehead atoms. The van der Waals surface area contributed by atoms with Gasteiger partial charge in [-0.2, -0.15) is 8.42 Å². The first-order chi connectivity index (χ1) is 18.3. The molecular formula is C29H34N4O3S2. The Morgan fingerprint density at radius 1 is 1.05 bits per heavy atom. The number of hydrogen-bond donors (Lipinski definition) is 2. The van der Waals surface area contributed by atoms with Crippen LogP contribution in [-0.2, 0) is 23.0 Å². The minimum absolute atomic E-state index is 0.330. The molecule has 9 heteroatoms. The molecule has 0 saturated carbocycles. The van der Waals surface area contributed by atoms with Gasteiger partial charge in [0.05, 0.1) is 0 Å². The van der Waals surface area contributed by atoms with Crippen molar-refractivity contribution in [1.29, 1.82) is 0 Å². The number of nitrogens with zero attached hydrogens (tertiary/aromatic N) is 2. The van der Waals surface area contributed by atoms with Crippen LogP contribution in [0, 0.1) is 5.92 Å². The van der Waals surface area contributed by atoms with Gasteiger partial charge in [-0.1, -0.05) is 81.8 Å². The third kappa shape index (κ3) is 6.90. The van der Waals surface area contributed by atoms with Gasteiger partial charge in [-0.05, 0) is 36.0 Å². The van der Waals surface area contributed by atoms with Gasteiger partial charge in [0.25, 0.3) is 0 Å². The van der Waals surface area contributed by atoms with Crippen molar-refractivity contribution in [3.8, 4) is 22.5 Å². The third-order valence-electron chi connectivity index (χ3n) is 6.03. The molecule has 0 atom stereocenters. The molecule has 2 N–H and O–H groups in total. The summed E-state index contributed by atoms with van der Waals surface area (Å²) >= 11 is 1.38. The Bertz CT molecular complexity index is 1460. The number of carbonyl (C=O) groups excluding carboxylic acids is 1. The quantitative estimate of drug-likeness (QED) is 0.201. The van der Waals surface area contributed by atoms with Crippen molar-refractivity contribution >= 4 is 31.6 Å². The van der Waals surface area contributed by atoms with E-state index in [9.17, 15) is 13.2 Å². The molecule has 4 rings (SSSR count). The fraction of sp³-hybridized carbons (Fsp3) is 0.310. The molecular weight excluding hydrogens is 516 g/mol. The first kappa shape index (κ1) is 27.6. The van der Waals surface area contributed by atoms with Gasteiger partial charge in [0.1, 0.15) is 10.8 Å². The second-order valence-electron chi connectivity index (χ2n) is 9.67. The van der Waals surface area contributed by atoms with Crippen molar-refractivity contribution < 1.29 is 13.2 Å². The van der Waals surface area contributed by atoms with E-state index < -0.39 is 15.3 Å². The molecule has 0 unspecified atom stereocenters. The number of amides is 1. The highest BCUT2D eigenvalue weighted by molar-refractivity contribution is 8.07. The Hall–Kier alpha value is -3.43. The van der Waals surface area contributed by atoms with Crippen molar-refractivity contribution in [2.45, 2.75) is 46.6 Å². The van der Waals surface area contributed by atoms with Crippen LogP contribution in [0.1, 0.15) is 44.1 Å². The molecule has 200 valence electrons. The monoisotopic (exact) mass is 550 g/mol. The normalized spacial score (nSPS) is 11.6. The van der Waals surface area contributed by atoms with Gasteiger partial charge in [0, 0.05) is 41.5 Å². The van der Waals surface area contributed by atoms with E-state index in [2.05, 4.69) is 33.4 Å². The number of imidazole rings is 1. The van der Waals surface area contributed by atoms with Gasteiger partial charge in [0.2, 0.25) is 0 Å². The summed E-state index contributed by atoms with van der Waals surface area (Å²) in [6.45, 7) is 7.22. The van der Waals surface area contributed by atoms with E-state index in [0.717, 1.165) is 52.2 Å². The van der Waals surface area contributed by atoms with Crippen molar-refractivity contribution in [1.82, 2.24) is 14.9 Å². The molecule has 2 aromatic carbocycles. The van der Waals surface area contributed by atoms with Crippen LogP contribution in [0.25, 0.3) is 22.5 Å². The van der Waals surface area contributed by atoms with E-state index in [1.165, 1.54) is 11.3 Å². The van der Waals surface area contributed by atoms with E-state index in [0.29, 0.717) is 24.0 Å². The maximum absolute atomic E-state index is 12.8. The second-order valence-corrected chi connectivity index (χ2v) is 12.4. The number of anilines is 1. The maximum atomic E-state index is 12.8. The lowest BCUT2D eigenvalue weighted by molar-refractivity contribution is 0.258. The van der Waals surface area contributed by atoms with Crippen LogP contribution in [-0.4, -0.2) is 29.8 Å². The summed E-state index contributed by atoms with van der Waals surface area (Å²) in [7, 11) is -4.21. The Morgan fingerprint density at radius 2 is 1.79 bits per heavy atom. The molecule has 7 nitrogen and oxygen atoms in total. The number of sulfonamides is 1. The molecule has 0 aliphatic carbocycles. The summed E-state index contributed by atoms with van der Waals surface area (Å²) in [6.07, 6.45) is 6.18. The number of rotatable bonds is 11. The molecule has 2 aromatic heterocycles. The zero-order chi connectivity index (χ0) is 27.1. The SMILES string of the molecule is CCCCNC(=O)S(=O)(=O)Nc1sc(CC(C)C)cc1-c1ccc(Cn2ccnc2-c2ccccc2)cc1. The molecule has 38 heavy (non-hydrogen) atoms. The first-order valence-electron chi connectivity index (χ1n) is 12.9. The molecule has 0 spiro atoms. The molecule has 1 amide bonds. The predicted octanol–water partition coefficient (Wildman–Crippen LogP) is 6.78. The van der Waals surface area contributed by atoms with Crippen molar-refractivity contribution in [2.24, 2.45) is 5.92 Å². The third-order valence-corrected chi connectivity index (χ3v) is 8.34. The summed E-state index contributed by atoms with van der Waals surface area (Å²) in [6, 6.07) is 20.2. The van der Waals surface area contributed by atoms with E-state index in [1.54, 1.807) is 6.20 Å². The van der Waals surface area contributed by atoms with Crippen LogP contribution in [0.4, 0.5) is 9.80 Å². The van der Waals surface area contributed by atoms with E-state index in [-0.39, 0.29) is 0 Å². The molecule has 0 fully saturated rings. The van der Waals surface area contributed by atoms with Gasteiger partial charge in [-0.15, -0.1) is 11.3 Å². The van der Waals surface area contributed by atoms with Gasteiger partial charge in [-0.3, -0.25) is 9.52 Å². The lowest BCUT2D eigenvalue weighted by atomic mass is 10.0. The summed E-state index contributed by atoms with van der Waals surface area (Å²) in [4.78, 5) is 17.9. The van der Waals surface area contributed by atoms with Gasteiger partial charge in [0.15, 0.2) is 0 Å². The summed E-state index contributed by atoms with van der Waals surface area (Å²) < 4.78 is 30.2. The lowest BCUT2D eigenvalue weighted by Crippen LogP contribution is -2.34. The van der Waals surface area contributed by atoms with Crippen molar-refractivity contribution in [2.75, 3.05) is 11.3 Å². The average Bonchev–Trinajstić information content (AvgIpc) is 3.51. The van der Waals surface area contributed by atoms with Crippen LogP contribution >= 0.6 is 11.3 Å². The number of benzene rings is 2. The van der Waals surface area contributed by atoms with Gasteiger partial charge >= 0.3 is 15.3 Å². The number of nitrogens with one attached hydrogen (secondary N) is 2. The Balaban J connectivity index is 1.57. The molecule has 0 aliphatic heterocycles. The minimum Gasteiger partial charge on any atom is -0.341 e. The van der Waals surface area contributed by atoms with Crippen LogP contribution in [0.15, 0.2) is 73.1 Å². The van der Waals surface area contributed by atoms with E-state index >= 15 is 0 Å². The van der Waals surface area contributed by atoms with Crippen LogP contribution in [0.3, 0.4) is 0 Å². The summed E-state index contributed by atoms with van der Waals surface area (Å²) in [5, 5.41) is 1.95. The topological polar surface area (TPSA) is 93.1 Å². The standard InChI is InChI=1S/C29H34N4O3S2/c1-4-5-15-31-29(34)38(35,36)32-28-26(19-25(37-28)18-21(2)3)23-13-11-22(12-14-23)20-33-17-16-30-27(33)24-9-7-6-8-10-24/h6-14,16-17,19,21,32H,4-5,15,18,20H2,1-3H3,(H,31,34). The number of aromatic nitrogens is 2. The van der Waals surface area contributed by atoms with Crippen LogP contribution in [0.2, 0.25) is 0 Å². The Kier molecular flexibility index (Phi) is 9.01. The average molecular weight is 551 g/mol. The zero-order valence-electron chi connectivity index (χ0n) is 22.0. The number of hydrogen-bond acceptors (Lipinski definition) is 5. The fourth-order valence-corrected chi connectivity index (χ4v) is 6.51. The zero-order valence-corrected chi connectivity index (χ0v) is 23.6. The number of unbranched alkanes of at least 4 members (excludes halogenated alkanes) is 1. The largest absolute Gasteiger partial charge is 0.357 e. The Morgan fingerprint density at radius 3 is 2.47 bits per heavy atom. The van der Waals surface area contributed by atoms with Crippen LogP contribution in [0.5, 0.6) is 0 Å². The predicted molar refractivity (Wildman–Crippen MR) is 156 cm³/mol. The van der Waals surface area contributed by atoms with Gasteiger partial charge < -0.3 is 9.88 Å². The van der Waals surface area contributed by atoms with Gasteiger partial charge in [-0.25, -0.2) is 4.98 Å². The molecule has 2 heterocycles.